The number of esters is 1. The quantitative estimate of drug-likeness (QED) is 0.0127. The SMILES string of the molecule is CCc1c2c(nc3ccc(OCNC(=O)CNC(=O)[C@H](Cc4ccccc4)NC(=O)CNC(=O)CNC(=O)CCOCCOCCOCCOCCNC(=O)CCc4ccc(N5C(=O)C=CC5=O)cc4)cc13)-c1cc3c(c(=O)n1C2)COC(=O)[C@]3(O)CC. The second kappa shape index (κ2) is 31.4. The van der Waals surface area contributed by atoms with Crippen molar-refractivity contribution in [1.29, 1.82) is 0 Å². The Morgan fingerprint density at radius 1 is 0.670 bits per heavy atom. The molecular weight excluding hydrogens is 1140 g/mol. The van der Waals surface area contributed by atoms with Crippen LogP contribution in [0.2, 0.25) is 0 Å². The molecule has 8 amide bonds. The highest BCUT2D eigenvalue weighted by Crippen LogP contribution is 2.41. The van der Waals surface area contributed by atoms with Gasteiger partial charge in [-0.3, -0.25) is 43.2 Å². The van der Waals surface area contributed by atoms with Gasteiger partial charge in [-0.15, -0.1) is 0 Å². The molecule has 88 heavy (non-hydrogen) atoms. The van der Waals surface area contributed by atoms with Gasteiger partial charge < -0.3 is 70.0 Å². The number of aliphatic hydroxyl groups is 1. The van der Waals surface area contributed by atoms with Crippen LogP contribution in [0.3, 0.4) is 0 Å². The van der Waals surface area contributed by atoms with Crippen LogP contribution in [0.25, 0.3) is 22.3 Å². The minimum atomic E-state index is -1.95. The highest BCUT2D eigenvalue weighted by molar-refractivity contribution is 6.28. The molecule has 0 fully saturated rings. The molecule has 2 aromatic heterocycles. The number of nitrogens with zero attached hydrogens (tertiary/aromatic N) is 3. The Kier molecular flexibility index (Phi) is 23.1. The lowest BCUT2D eigenvalue weighted by molar-refractivity contribution is -0.172. The average molecular weight is 1210 g/mol. The number of carbonyl (C=O) groups excluding carboxylic acids is 9. The van der Waals surface area contributed by atoms with E-state index < -0.39 is 66.8 Å². The molecule has 0 saturated heterocycles. The summed E-state index contributed by atoms with van der Waals surface area (Å²) in [5, 5.41) is 27.5. The maximum Gasteiger partial charge on any atom is 0.343 e. The van der Waals surface area contributed by atoms with Crippen molar-refractivity contribution in [3.05, 3.63) is 135 Å². The zero-order chi connectivity index (χ0) is 62.6. The van der Waals surface area contributed by atoms with Gasteiger partial charge in [0.2, 0.25) is 35.4 Å². The summed E-state index contributed by atoms with van der Waals surface area (Å²) in [6.07, 6.45) is 3.85. The Morgan fingerprint density at radius 2 is 1.31 bits per heavy atom. The van der Waals surface area contributed by atoms with Crippen molar-refractivity contribution in [3.63, 3.8) is 0 Å². The summed E-state index contributed by atoms with van der Waals surface area (Å²) in [5.41, 5.74) is 3.68. The number of hydrogen-bond donors (Lipinski definition) is 7. The molecule has 0 bridgehead atoms. The van der Waals surface area contributed by atoms with Gasteiger partial charge in [0, 0.05) is 54.5 Å². The Bertz CT molecular complexity index is 3470. The topological polar surface area (TPSA) is 340 Å². The van der Waals surface area contributed by atoms with Crippen LogP contribution in [0.1, 0.15) is 66.5 Å². The Hall–Kier alpha value is -9.21. The molecule has 3 aliphatic heterocycles. The average Bonchev–Trinajstić information content (AvgIpc) is 1.83. The largest absolute Gasteiger partial charge is 0.473 e. The van der Waals surface area contributed by atoms with E-state index >= 15 is 0 Å². The third-order valence-corrected chi connectivity index (χ3v) is 14.7. The number of benzene rings is 3. The number of nitrogens with one attached hydrogen (secondary N) is 6. The van der Waals surface area contributed by atoms with Crippen LogP contribution in [-0.2, 0) is 105 Å². The normalized spacial score (nSPS) is 15.0. The highest BCUT2D eigenvalue weighted by atomic mass is 16.6. The van der Waals surface area contributed by atoms with Gasteiger partial charge >= 0.3 is 5.97 Å². The first kappa shape index (κ1) is 64.8. The number of ether oxygens (including phenoxy) is 6. The molecule has 26 heteroatoms. The maximum absolute atomic E-state index is 13.7. The van der Waals surface area contributed by atoms with Crippen molar-refractivity contribution in [2.75, 3.05) is 90.7 Å². The number of imide groups is 1. The van der Waals surface area contributed by atoms with E-state index in [-0.39, 0.29) is 99.8 Å². The molecule has 2 atom stereocenters. The maximum atomic E-state index is 13.7. The fourth-order valence-corrected chi connectivity index (χ4v) is 10.0. The molecular formula is C62H71N9O17. The van der Waals surface area contributed by atoms with Crippen LogP contribution in [0.5, 0.6) is 5.75 Å². The van der Waals surface area contributed by atoms with Crippen LogP contribution in [-0.4, -0.2) is 160 Å². The van der Waals surface area contributed by atoms with Crippen molar-refractivity contribution in [2.45, 2.75) is 77.2 Å². The number of carbonyl (C=O) groups is 9. The third kappa shape index (κ3) is 17.1. The van der Waals surface area contributed by atoms with Gasteiger partial charge in [-0.25, -0.2) is 14.7 Å². The monoisotopic (exact) mass is 1210 g/mol. The lowest BCUT2D eigenvalue weighted by atomic mass is 9.86. The van der Waals surface area contributed by atoms with E-state index in [1.807, 2.05) is 6.92 Å². The highest BCUT2D eigenvalue weighted by Gasteiger charge is 2.45. The number of cyclic esters (lactones) is 1. The van der Waals surface area contributed by atoms with Crippen molar-refractivity contribution < 1.29 is 76.7 Å². The second-order valence-electron chi connectivity index (χ2n) is 20.6. The van der Waals surface area contributed by atoms with Gasteiger partial charge in [0.05, 0.1) is 107 Å². The summed E-state index contributed by atoms with van der Waals surface area (Å²) in [5.74, 6) is -4.34. The molecule has 0 radical (unpaired) electrons. The minimum Gasteiger partial charge on any atom is -0.473 e. The number of amides is 8. The van der Waals surface area contributed by atoms with E-state index in [0.29, 0.717) is 80.8 Å². The van der Waals surface area contributed by atoms with Crippen molar-refractivity contribution in [1.82, 2.24) is 41.5 Å². The molecule has 5 aromatic rings. The number of aromatic nitrogens is 2. The summed E-state index contributed by atoms with van der Waals surface area (Å²) in [6, 6.07) is 21.5. The smallest absolute Gasteiger partial charge is 0.343 e. The number of hydrogen-bond acceptors (Lipinski definition) is 18. The van der Waals surface area contributed by atoms with Crippen LogP contribution in [0.15, 0.2) is 95.8 Å². The van der Waals surface area contributed by atoms with Gasteiger partial charge in [0.15, 0.2) is 12.3 Å². The zero-order valence-corrected chi connectivity index (χ0v) is 48.9. The number of aryl methyl sites for hydroxylation is 2. The van der Waals surface area contributed by atoms with Crippen LogP contribution in [0, 0.1) is 0 Å². The van der Waals surface area contributed by atoms with E-state index in [2.05, 4.69) is 31.9 Å². The molecule has 5 heterocycles. The summed E-state index contributed by atoms with van der Waals surface area (Å²) in [4.78, 5) is 133. The summed E-state index contributed by atoms with van der Waals surface area (Å²) < 4.78 is 34.6. The molecule has 3 aromatic carbocycles. The Labute approximate surface area is 506 Å². The first-order valence-corrected chi connectivity index (χ1v) is 29.0. The van der Waals surface area contributed by atoms with Gasteiger partial charge in [-0.2, -0.15) is 0 Å². The summed E-state index contributed by atoms with van der Waals surface area (Å²) >= 11 is 0. The molecule has 8 rings (SSSR count). The Morgan fingerprint density at radius 3 is 2.00 bits per heavy atom. The predicted octanol–water partition coefficient (Wildman–Crippen LogP) is 0.806. The van der Waals surface area contributed by atoms with Crippen molar-refractivity contribution >= 4 is 69.8 Å². The third-order valence-electron chi connectivity index (χ3n) is 14.7. The lowest BCUT2D eigenvalue weighted by Crippen LogP contribution is -2.52. The number of pyridine rings is 2. The van der Waals surface area contributed by atoms with Gasteiger partial charge in [0.1, 0.15) is 18.4 Å². The predicted molar refractivity (Wildman–Crippen MR) is 316 cm³/mol. The molecule has 0 aliphatic carbocycles. The second-order valence-corrected chi connectivity index (χ2v) is 20.6. The molecule has 0 unspecified atom stereocenters. The fraction of sp³-hybridized carbons (Fsp3) is 0.403. The standard InChI is InChI=1S/C62H71N9O17/c1-3-43-44-31-42(15-16-48(44)69-58-45(43)36-70-50(58)32-47-46(60(70)80)37-87-61(81)62(47,82)4-2)88-38-67-54(75)34-66-59(79)49(30-40-8-6-5-7-9-40)68-55(76)35-65-53(74)33-64-52(73)20-22-83-24-26-85-28-29-86-27-25-84-23-21-63-51(72)17-12-39-10-13-41(14-11-39)71-56(77)18-19-57(71)78/h5-11,13-16,18-19,31-32,49,82H,3-4,12,17,20-30,33-38H2,1-2H3,(H,63,72)(H,64,73)(H,65,74)(H,66,79)(H,67,75)(H,68,76)/t49-,62-/m0/s1. The van der Waals surface area contributed by atoms with Crippen molar-refractivity contribution in [2.24, 2.45) is 0 Å². The molecule has 26 nitrogen and oxygen atoms in total. The lowest BCUT2D eigenvalue weighted by Gasteiger charge is -2.31. The van der Waals surface area contributed by atoms with E-state index in [4.69, 9.17) is 33.4 Å². The molecule has 0 saturated carbocycles. The van der Waals surface area contributed by atoms with Gasteiger partial charge in [-0.05, 0) is 72.4 Å². The number of anilines is 1. The van der Waals surface area contributed by atoms with Gasteiger partial charge in [0.25, 0.3) is 17.4 Å². The summed E-state index contributed by atoms with van der Waals surface area (Å²) in [7, 11) is 0. The molecule has 7 N–H and O–H groups in total. The van der Waals surface area contributed by atoms with Crippen LogP contribution < -0.4 is 47.1 Å². The first-order chi connectivity index (χ1) is 42.6. The van der Waals surface area contributed by atoms with Crippen LogP contribution in [0.4, 0.5) is 5.69 Å². The number of rotatable bonds is 34. The Balaban J connectivity index is 0.651. The minimum absolute atomic E-state index is 0.0263. The van der Waals surface area contributed by atoms with E-state index in [1.54, 1.807) is 90.4 Å². The molecule has 466 valence electrons. The summed E-state index contributed by atoms with van der Waals surface area (Å²) in [6.45, 7) is 4.47. The van der Waals surface area contributed by atoms with E-state index in [1.165, 1.54) is 12.2 Å². The van der Waals surface area contributed by atoms with Crippen LogP contribution >= 0.6 is 0 Å². The van der Waals surface area contributed by atoms with E-state index in [0.717, 1.165) is 32.5 Å². The van der Waals surface area contributed by atoms with Gasteiger partial charge in [-0.1, -0.05) is 56.3 Å². The number of fused-ring (bicyclic) bond motifs is 5. The zero-order valence-electron chi connectivity index (χ0n) is 48.9. The van der Waals surface area contributed by atoms with Crippen molar-refractivity contribution in [3.8, 4) is 17.1 Å². The first-order valence-electron chi connectivity index (χ1n) is 29.0. The molecule has 0 spiro atoms. The van der Waals surface area contributed by atoms with E-state index in [9.17, 15) is 53.1 Å². The fourth-order valence-electron chi connectivity index (χ4n) is 10.0. The molecule has 3 aliphatic rings.